The molecule has 2 heterocycles. The molecule has 1 saturated heterocycles. The van der Waals surface area contributed by atoms with Gasteiger partial charge in [0.25, 0.3) is 0 Å². The Hall–Kier alpha value is -1.62. The van der Waals surface area contributed by atoms with Crippen molar-refractivity contribution in [2.75, 3.05) is 24.6 Å². The summed E-state index contributed by atoms with van der Waals surface area (Å²) in [5.74, 6) is 0.478. The molecule has 4 nitrogen and oxygen atoms in total. The molecule has 130 valence electrons. The van der Waals surface area contributed by atoms with E-state index in [9.17, 15) is 9.18 Å². The van der Waals surface area contributed by atoms with Gasteiger partial charge < -0.3 is 4.74 Å². The topological polar surface area (TPSA) is 32.8 Å². The first kappa shape index (κ1) is 15.9. The van der Waals surface area contributed by atoms with Crippen LogP contribution in [0.3, 0.4) is 0 Å². The highest BCUT2D eigenvalue weighted by Crippen LogP contribution is 2.33. The number of ether oxygens (including phenoxy) is 1. The van der Waals surface area contributed by atoms with E-state index in [0.717, 1.165) is 37.5 Å². The first-order valence-corrected chi connectivity index (χ1v) is 9.17. The average molecular weight is 332 g/mol. The van der Waals surface area contributed by atoms with E-state index in [0.29, 0.717) is 12.3 Å². The summed E-state index contributed by atoms with van der Waals surface area (Å²) < 4.78 is 19.0. The number of anilines is 1. The van der Waals surface area contributed by atoms with Crippen molar-refractivity contribution in [2.24, 2.45) is 5.92 Å². The highest BCUT2D eigenvalue weighted by Gasteiger charge is 2.37. The maximum atomic E-state index is 13.8. The van der Waals surface area contributed by atoms with Gasteiger partial charge in [0.15, 0.2) is 0 Å². The minimum atomic E-state index is -0.340. The van der Waals surface area contributed by atoms with Crippen molar-refractivity contribution >= 4 is 11.8 Å². The second-order valence-electron chi connectivity index (χ2n) is 7.40. The lowest BCUT2D eigenvalue weighted by atomic mass is 9.88. The third kappa shape index (κ3) is 3.14. The number of cyclic esters (lactones) is 1. The van der Waals surface area contributed by atoms with E-state index < -0.39 is 0 Å². The Morgan fingerprint density at radius 2 is 2.00 bits per heavy atom. The zero-order valence-electron chi connectivity index (χ0n) is 14.0. The molecule has 1 amide bonds. The summed E-state index contributed by atoms with van der Waals surface area (Å²) in [6, 6.07) is 4.83. The smallest absolute Gasteiger partial charge is 0.414 e. The van der Waals surface area contributed by atoms with E-state index in [1.807, 2.05) is 6.07 Å². The largest absolute Gasteiger partial charge is 0.447 e. The molecule has 1 atom stereocenters. The number of carbonyl (C=O) groups is 1. The molecular weight excluding hydrogens is 307 g/mol. The van der Waals surface area contributed by atoms with Gasteiger partial charge in [-0.05, 0) is 42.9 Å². The summed E-state index contributed by atoms with van der Waals surface area (Å²) in [5.41, 5.74) is 1.71. The van der Waals surface area contributed by atoms with Gasteiger partial charge in [-0.1, -0.05) is 25.3 Å². The SMILES string of the molecule is O=C1OCC2CCN(CC3CCCCC3)Cc3ccc(F)cc3N12. The fourth-order valence-electron chi connectivity index (χ4n) is 4.41. The molecule has 4 rings (SSSR count). The van der Waals surface area contributed by atoms with Crippen LogP contribution in [0.1, 0.15) is 44.1 Å². The Morgan fingerprint density at radius 1 is 1.17 bits per heavy atom. The van der Waals surface area contributed by atoms with Gasteiger partial charge in [-0.2, -0.15) is 0 Å². The third-order valence-corrected chi connectivity index (χ3v) is 5.68. The van der Waals surface area contributed by atoms with Crippen molar-refractivity contribution in [3.8, 4) is 0 Å². The number of halogens is 1. The van der Waals surface area contributed by atoms with Crippen molar-refractivity contribution in [3.05, 3.63) is 29.6 Å². The summed E-state index contributed by atoms with van der Waals surface area (Å²) in [7, 11) is 0. The zero-order valence-corrected chi connectivity index (χ0v) is 14.0. The number of hydrogen-bond donors (Lipinski definition) is 0. The fraction of sp³-hybridized carbons (Fsp3) is 0.632. The second-order valence-corrected chi connectivity index (χ2v) is 7.40. The molecule has 1 unspecified atom stereocenters. The lowest BCUT2D eigenvalue weighted by Gasteiger charge is -2.35. The van der Waals surface area contributed by atoms with E-state index in [1.165, 1.54) is 44.2 Å². The van der Waals surface area contributed by atoms with Gasteiger partial charge in [0.05, 0.1) is 11.7 Å². The molecule has 2 fully saturated rings. The van der Waals surface area contributed by atoms with Gasteiger partial charge in [-0.3, -0.25) is 9.80 Å². The van der Waals surface area contributed by atoms with Crippen LogP contribution < -0.4 is 4.90 Å². The molecule has 0 spiro atoms. The lowest BCUT2D eigenvalue weighted by molar-refractivity contribution is 0.173. The van der Waals surface area contributed by atoms with Gasteiger partial charge in [0.1, 0.15) is 12.4 Å². The minimum Gasteiger partial charge on any atom is -0.447 e. The highest BCUT2D eigenvalue weighted by atomic mass is 19.1. The average Bonchev–Trinajstić information content (AvgIpc) is 2.94. The Labute approximate surface area is 142 Å². The molecule has 3 aliphatic rings. The number of carbonyl (C=O) groups excluding carboxylic acids is 1. The second kappa shape index (κ2) is 6.71. The summed E-state index contributed by atoms with van der Waals surface area (Å²) in [4.78, 5) is 16.3. The van der Waals surface area contributed by atoms with Crippen molar-refractivity contribution in [2.45, 2.75) is 51.1 Å². The van der Waals surface area contributed by atoms with Crippen molar-refractivity contribution in [1.82, 2.24) is 4.90 Å². The lowest BCUT2D eigenvalue weighted by Crippen LogP contribution is -2.41. The van der Waals surface area contributed by atoms with Gasteiger partial charge in [0, 0.05) is 19.6 Å². The Bertz CT molecular complexity index is 615. The highest BCUT2D eigenvalue weighted by molar-refractivity contribution is 5.91. The van der Waals surface area contributed by atoms with E-state index in [2.05, 4.69) is 4.90 Å². The summed E-state index contributed by atoms with van der Waals surface area (Å²) in [6.07, 6.45) is 7.25. The summed E-state index contributed by atoms with van der Waals surface area (Å²) >= 11 is 0. The van der Waals surface area contributed by atoms with E-state index in [4.69, 9.17) is 4.74 Å². The van der Waals surface area contributed by atoms with Crippen molar-refractivity contribution < 1.29 is 13.9 Å². The Balaban J connectivity index is 1.59. The van der Waals surface area contributed by atoms with Crippen LogP contribution in [0.4, 0.5) is 14.9 Å². The van der Waals surface area contributed by atoms with E-state index in [1.54, 1.807) is 4.90 Å². The molecule has 0 aromatic heterocycles. The number of amides is 1. The van der Waals surface area contributed by atoms with Crippen LogP contribution in [0, 0.1) is 11.7 Å². The first-order chi connectivity index (χ1) is 11.7. The maximum absolute atomic E-state index is 13.8. The standard InChI is InChI=1S/C19H25FN2O2/c20-16-7-6-15-12-21(11-14-4-2-1-3-5-14)9-8-17-13-24-19(23)22(17)18(15)10-16/h6-7,10,14,17H,1-5,8-9,11-13H2. The predicted octanol–water partition coefficient (Wildman–Crippen LogP) is 3.94. The number of fused-ring (bicyclic) bond motifs is 3. The molecule has 1 saturated carbocycles. The molecule has 0 radical (unpaired) electrons. The minimum absolute atomic E-state index is 0.0206. The molecule has 24 heavy (non-hydrogen) atoms. The Morgan fingerprint density at radius 3 is 2.83 bits per heavy atom. The van der Waals surface area contributed by atoms with Gasteiger partial charge >= 0.3 is 6.09 Å². The Kier molecular flexibility index (Phi) is 4.44. The molecule has 5 heteroatoms. The number of benzene rings is 1. The molecule has 0 bridgehead atoms. The van der Waals surface area contributed by atoms with Gasteiger partial charge in [0.2, 0.25) is 0 Å². The molecule has 2 aliphatic heterocycles. The predicted molar refractivity (Wildman–Crippen MR) is 90.5 cm³/mol. The zero-order chi connectivity index (χ0) is 16.5. The monoisotopic (exact) mass is 332 g/mol. The van der Waals surface area contributed by atoms with Crippen molar-refractivity contribution in [3.63, 3.8) is 0 Å². The van der Waals surface area contributed by atoms with E-state index >= 15 is 0 Å². The van der Waals surface area contributed by atoms with Crippen molar-refractivity contribution in [1.29, 1.82) is 0 Å². The third-order valence-electron chi connectivity index (χ3n) is 5.68. The van der Waals surface area contributed by atoms with Crippen LogP contribution in [0.2, 0.25) is 0 Å². The summed E-state index contributed by atoms with van der Waals surface area (Å²) in [5, 5.41) is 0. The number of rotatable bonds is 2. The molecule has 0 N–H and O–H groups in total. The summed E-state index contributed by atoms with van der Waals surface area (Å²) in [6.45, 7) is 3.26. The molecular formula is C19H25FN2O2. The van der Waals surface area contributed by atoms with Crippen LogP contribution in [-0.2, 0) is 11.3 Å². The molecule has 1 aromatic carbocycles. The quantitative estimate of drug-likeness (QED) is 0.822. The van der Waals surface area contributed by atoms with Gasteiger partial charge in [-0.15, -0.1) is 0 Å². The number of hydrogen-bond acceptors (Lipinski definition) is 3. The van der Waals surface area contributed by atoms with E-state index in [-0.39, 0.29) is 18.0 Å². The number of nitrogens with zero attached hydrogens (tertiary/aromatic N) is 2. The maximum Gasteiger partial charge on any atom is 0.414 e. The van der Waals surface area contributed by atoms with Crippen LogP contribution in [0.15, 0.2) is 18.2 Å². The van der Waals surface area contributed by atoms with Crippen LogP contribution in [-0.4, -0.2) is 36.7 Å². The molecule has 1 aromatic rings. The fourth-order valence-corrected chi connectivity index (χ4v) is 4.41. The van der Waals surface area contributed by atoms with Gasteiger partial charge in [-0.25, -0.2) is 9.18 Å². The van der Waals surface area contributed by atoms with Crippen LogP contribution in [0.5, 0.6) is 0 Å². The van der Waals surface area contributed by atoms with Crippen LogP contribution >= 0.6 is 0 Å². The molecule has 1 aliphatic carbocycles. The normalized spacial score (nSPS) is 25.6. The first-order valence-electron chi connectivity index (χ1n) is 9.17. The van der Waals surface area contributed by atoms with Crippen LogP contribution in [0.25, 0.3) is 0 Å².